The second-order valence-corrected chi connectivity index (χ2v) is 7.82. The van der Waals surface area contributed by atoms with E-state index in [1.54, 1.807) is 0 Å². The van der Waals surface area contributed by atoms with Crippen LogP contribution in [-0.4, -0.2) is 47.8 Å². The van der Waals surface area contributed by atoms with Gasteiger partial charge in [-0.2, -0.15) is 5.10 Å². The number of likely N-dealkylation sites (tertiary alicyclic amines) is 1. The first-order valence-electron chi connectivity index (χ1n) is 9.54. The van der Waals surface area contributed by atoms with E-state index in [2.05, 4.69) is 62.5 Å². The lowest BCUT2D eigenvalue weighted by Crippen LogP contribution is -2.45. The molecule has 1 unspecified atom stereocenters. The fourth-order valence-corrected chi connectivity index (χ4v) is 4.46. The van der Waals surface area contributed by atoms with Crippen molar-refractivity contribution in [2.24, 2.45) is 5.41 Å². The predicted octanol–water partition coefficient (Wildman–Crippen LogP) is 3.32. The summed E-state index contributed by atoms with van der Waals surface area (Å²) in [5.41, 5.74) is 2.88. The normalized spacial score (nSPS) is 24.1. The van der Waals surface area contributed by atoms with Gasteiger partial charge in [0.1, 0.15) is 0 Å². The molecular formula is C21H28N4. The number of aryl methyl sites for hydroxylation is 1. The summed E-state index contributed by atoms with van der Waals surface area (Å²) in [5.74, 6) is 1.05. The third kappa shape index (κ3) is 3.84. The molecule has 0 aliphatic carbocycles. The van der Waals surface area contributed by atoms with Gasteiger partial charge in [0.15, 0.2) is 5.82 Å². The molecule has 4 nitrogen and oxygen atoms in total. The summed E-state index contributed by atoms with van der Waals surface area (Å²) in [6, 6.07) is 15.1. The van der Waals surface area contributed by atoms with E-state index < -0.39 is 0 Å². The minimum Gasteiger partial charge on any atom is -0.355 e. The van der Waals surface area contributed by atoms with Gasteiger partial charge in [-0.15, -0.1) is 5.10 Å². The standard InChI is InChI=1S/C21H28N4/c1-18-8-9-20(23-22-18)25-15-12-21(17-25)11-5-13-24(16-21)14-10-19-6-3-2-4-7-19/h2-4,6-9H,5,10-17H2,1H3. The van der Waals surface area contributed by atoms with E-state index in [1.165, 1.54) is 44.5 Å². The van der Waals surface area contributed by atoms with Crippen LogP contribution in [0.5, 0.6) is 0 Å². The summed E-state index contributed by atoms with van der Waals surface area (Å²) in [5, 5.41) is 8.63. The van der Waals surface area contributed by atoms with E-state index in [4.69, 9.17) is 0 Å². The monoisotopic (exact) mass is 336 g/mol. The van der Waals surface area contributed by atoms with Crippen molar-refractivity contribution < 1.29 is 0 Å². The molecule has 4 rings (SSSR count). The smallest absolute Gasteiger partial charge is 0.151 e. The molecule has 1 aromatic carbocycles. The fraction of sp³-hybridized carbons (Fsp3) is 0.524. The Balaban J connectivity index is 1.36. The molecule has 0 N–H and O–H groups in total. The highest BCUT2D eigenvalue weighted by Crippen LogP contribution is 2.40. The molecule has 1 spiro atoms. The van der Waals surface area contributed by atoms with Crippen LogP contribution in [0.3, 0.4) is 0 Å². The van der Waals surface area contributed by atoms with Crippen molar-refractivity contribution in [1.82, 2.24) is 15.1 Å². The van der Waals surface area contributed by atoms with Crippen molar-refractivity contribution in [3.05, 3.63) is 53.7 Å². The van der Waals surface area contributed by atoms with Gasteiger partial charge in [0.2, 0.25) is 0 Å². The molecule has 0 bridgehead atoms. The second-order valence-electron chi connectivity index (χ2n) is 7.82. The predicted molar refractivity (Wildman–Crippen MR) is 102 cm³/mol. The first-order valence-corrected chi connectivity index (χ1v) is 9.54. The molecule has 25 heavy (non-hydrogen) atoms. The van der Waals surface area contributed by atoms with Gasteiger partial charge in [-0.05, 0) is 56.8 Å². The largest absolute Gasteiger partial charge is 0.355 e. The molecule has 2 aliphatic heterocycles. The summed E-state index contributed by atoms with van der Waals surface area (Å²) in [6.45, 7) is 7.90. The Hall–Kier alpha value is -1.94. The average molecular weight is 336 g/mol. The van der Waals surface area contributed by atoms with E-state index in [-0.39, 0.29) is 0 Å². The lowest BCUT2D eigenvalue weighted by molar-refractivity contribution is 0.106. The molecular weight excluding hydrogens is 308 g/mol. The molecule has 132 valence electrons. The van der Waals surface area contributed by atoms with Crippen LogP contribution in [0.4, 0.5) is 5.82 Å². The van der Waals surface area contributed by atoms with Crippen LogP contribution in [0.1, 0.15) is 30.5 Å². The third-order valence-electron chi connectivity index (χ3n) is 5.85. The highest BCUT2D eigenvalue weighted by atomic mass is 15.3. The Labute approximate surface area is 150 Å². The maximum absolute atomic E-state index is 4.40. The first kappa shape index (κ1) is 16.5. The van der Waals surface area contributed by atoms with Gasteiger partial charge in [-0.1, -0.05) is 30.3 Å². The van der Waals surface area contributed by atoms with Crippen molar-refractivity contribution >= 4 is 5.82 Å². The molecule has 1 atom stereocenters. The number of rotatable bonds is 4. The molecule has 2 fully saturated rings. The number of hydrogen-bond donors (Lipinski definition) is 0. The van der Waals surface area contributed by atoms with Crippen molar-refractivity contribution in [1.29, 1.82) is 0 Å². The van der Waals surface area contributed by atoms with Gasteiger partial charge in [-0.25, -0.2) is 0 Å². The molecule has 2 saturated heterocycles. The van der Waals surface area contributed by atoms with Gasteiger partial charge < -0.3 is 9.80 Å². The number of anilines is 1. The summed E-state index contributed by atoms with van der Waals surface area (Å²) >= 11 is 0. The van der Waals surface area contributed by atoms with Crippen LogP contribution in [-0.2, 0) is 6.42 Å². The van der Waals surface area contributed by atoms with E-state index in [0.717, 1.165) is 31.0 Å². The summed E-state index contributed by atoms with van der Waals surface area (Å²) in [7, 11) is 0. The Bertz CT molecular complexity index is 685. The van der Waals surface area contributed by atoms with Gasteiger partial charge in [-0.3, -0.25) is 0 Å². The van der Waals surface area contributed by atoms with Crippen molar-refractivity contribution in [3.8, 4) is 0 Å². The molecule has 0 radical (unpaired) electrons. The molecule has 1 aromatic heterocycles. The molecule has 0 amide bonds. The zero-order chi connectivity index (χ0) is 17.1. The molecule has 2 aliphatic rings. The Morgan fingerprint density at radius 3 is 2.64 bits per heavy atom. The van der Waals surface area contributed by atoms with Gasteiger partial charge in [0, 0.05) is 31.6 Å². The average Bonchev–Trinajstić information content (AvgIpc) is 3.05. The Kier molecular flexibility index (Phi) is 4.71. The number of benzene rings is 1. The van der Waals surface area contributed by atoms with Gasteiger partial charge >= 0.3 is 0 Å². The van der Waals surface area contributed by atoms with Crippen LogP contribution in [0, 0.1) is 12.3 Å². The van der Waals surface area contributed by atoms with E-state index in [0.29, 0.717) is 5.41 Å². The highest BCUT2D eigenvalue weighted by Gasteiger charge is 2.41. The quantitative estimate of drug-likeness (QED) is 0.857. The maximum atomic E-state index is 4.40. The second kappa shape index (κ2) is 7.12. The summed E-state index contributed by atoms with van der Waals surface area (Å²) in [4.78, 5) is 5.12. The van der Waals surface area contributed by atoms with Gasteiger partial charge in [0.25, 0.3) is 0 Å². The Morgan fingerprint density at radius 1 is 0.960 bits per heavy atom. The number of aromatic nitrogens is 2. The van der Waals surface area contributed by atoms with Crippen LogP contribution >= 0.6 is 0 Å². The minimum absolute atomic E-state index is 0.446. The van der Waals surface area contributed by atoms with Crippen LogP contribution in [0.2, 0.25) is 0 Å². The van der Waals surface area contributed by atoms with Crippen LogP contribution in [0.25, 0.3) is 0 Å². The summed E-state index contributed by atoms with van der Waals surface area (Å²) < 4.78 is 0. The maximum Gasteiger partial charge on any atom is 0.151 e. The number of nitrogens with zero attached hydrogens (tertiary/aromatic N) is 4. The molecule has 2 aromatic rings. The van der Waals surface area contributed by atoms with E-state index in [1.807, 2.05) is 6.92 Å². The fourth-order valence-electron chi connectivity index (χ4n) is 4.46. The van der Waals surface area contributed by atoms with Crippen molar-refractivity contribution in [2.75, 3.05) is 37.6 Å². The first-order chi connectivity index (χ1) is 12.2. The molecule has 4 heteroatoms. The van der Waals surface area contributed by atoms with Crippen LogP contribution in [0.15, 0.2) is 42.5 Å². The topological polar surface area (TPSA) is 32.3 Å². The zero-order valence-electron chi connectivity index (χ0n) is 15.2. The third-order valence-corrected chi connectivity index (χ3v) is 5.85. The van der Waals surface area contributed by atoms with Crippen molar-refractivity contribution in [2.45, 2.75) is 32.6 Å². The lowest BCUT2D eigenvalue weighted by atomic mass is 9.79. The van der Waals surface area contributed by atoms with Crippen LogP contribution < -0.4 is 4.90 Å². The number of piperidine rings is 1. The SMILES string of the molecule is Cc1ccc(N2CCC3(CCCN(CCc4ccccc4)C3)C2)nn1. The minimum atomic E-state index is 0.446. The Morgan fingerprint density at radius 2 is 1.84 bits per heavy atom. The molecule has 3 heterocycles. The number of hydrogen-bond acceptors (Lipinski definition) is 4. The zero-order valence-corrected chi connectivity index (χ0v) is 15.2. The van der Waals surface area contributed by atoms with E-state index in [9.17, 15) is 0 Å². The summed E-state index contributed by atoms with van der Waals surface area (Å²) in [6.07, 6.45) is 5.11. The van der Waals surface area contributed by atoms with Crippen molar-refractivity contribution in [3.63, 3.8) is 0 Å². The lowest BCUT2D eigenvalue weighted by Gasteiger charge is -2.40. The highest BCUT2D eigenvalue weighted by molar-refractivity contribution is 5.39. The molecule has 0 saturated carbocycles. The van der Waals surface area contributed by atoms with Gasteiger partial charge in [0.05, 0.1) is 5.69 Å². The van der Waals surface area contributed by atoms with E-state index >= 15 is 0 Å².